The van der Waals surface area contributed by atoms with E-state index in [-0.39, 0.29) is 0 Å². The van der Waals surface area contributed by atoms with Crippen LogP contribution in [0.4, 0.5) is 5.69 Å². The van der Waals surface area contributed by atoms with Gasteiger partial charge in [0.2, 0.25) is 0 Å². The van der Waals surface area contributed by atoms with Crippen molar-refractivity contribution in [1.82, 2.24) is 0 Å². The molecule has 0 aliphatic rings. The maximum absolute atomic E-state index is 2.37. The van der Waals surface area contributed by atoms with Crippen molar-refractivity contribution in [2.45, 2.75) is 53.0 Å². The standard InChI is InChI=1S/C15H25N/c1-6-8-14-11-13(7-2)9-10-15(14)16(5)12(3)4/h9-12H,6-8H2,1-5H3. The summed E-state index contributed by atoms with van der Waals surface area (Å²) in [5.74, 6) is 0. The molecule has 1 aromatic carbocycles. The van der Waals surface area contributed by atoms with E-state index >= 15 is 0 Å². The number of nitrogens with zero attached hydrogens (tertiary/aromatic N) is 1. The number of aryl methyl sites for hydroxylation is 2. The molecule has 0 fully saturated rings. The van der Waals surface area contributed by atoms with Gasteiger partial charge in [-0.05, 0) is 43.9 Å². The summed E-state index contributed by atoms with van der Waals surface area (Å²) in [6.45, 7) is 8.95. The normalized spacial score (nSPS) is 10.9. The van der Waals surface area contributed by atoms with Gasteiger partial charge in [-0.3, -0.25) is 0 Å². The molecule has 0 saturated carbocycles. The molecular weight excluding hydrogens is 194 g/mol. The third-order valence-corrected chi connectivity index (χ3v) is 3.23. The summed E-state index contributed by atoms with van der Waals surface area (Å²) < 4.78 is 0. The van der Waals surface area contributed by atoms with Gasteiger partial charge in [-0.2, -0.15) is 0 Å². The minimum absolute atomic E-state index is 0.558. The van der Waals surface area contributed by atoms with Crippen molar-refractivity contribution in [3.05, 3.63) is 29.3 Å². The van der Waals surface area contributed by atoms with Gasteiger partial charge in [0.25, 0.3) is 0 Å². The summed E-state index contributed by atoms with van der Waals surface area (Å²) in [7, 11) is 2.19. The molecule has 16 heavy (non-hydrogen) atoms. The fourth-order valence-electron chi connectivity index (χ4n) is 1.95. The summed E-state index contributed by atoms with van der Waals surface area (Å²) in [6, 6.07) is 7.47. The number of anilines is 1. The van der Waals surface area contributed by atoms with Crippen molar-refractivity contribution < 1.29 is 0 Å². The Morgan fingerprint density at radius 3 is 2.38 bits per heavy atom. The van der Waals surface area contributed by atoms with E-state index in [1.54, 1.807) is 0 Å². The van der Waals surface area contributed by atoms with E-state index in [2.05, 4.69) is 57.8 Å². The number of hydrogen-bond acceptors (Lipinski definition) is 1. The molecule has 0 heterocycles. The van der Waals surface area contributed by atoms with Gasteiger partial charge in [0.15, 0.2) is 0 Å². The highest BCUT2D eigenvalue weighted by Gasteiger charge is 2.10. The summed E-state index contributed by atoms with van der Waals surface area (Å²) in [5, 5.41) is 0. The van der Waals surface area contributed by atoms with Crippen LogP contribution in [-0.4, -0.2) is 13.1 Å². The van der Waals surface area contributed by atoms with Crippen LogP contribution in [0, 0.1) is 0 Å². The molecule has 1 rings (SSSR count). The van der Waals surface area contributed by atoms with Gasteiger partial charge >= 0.3 is 0 Å². The molecule has 0 amide bonds. The Hall–Kier alpha value is -0.980. The molecule has 0 atom stereocenters. The average molecular weight is 219 g/mol. The maximum Gasteiger partial charge on any atom is 0.0398 e. The van der Waals surface area contributed by atoms with Crippen LogP contribution in [0.25, 0.3) is 0 Å². The molecule has 0 N–H and O–H groups in total. The van der Waals surface area contributed by atoms with E-state index in [0.29, 0.717) is 6.04 Å². The van der Waals surface area contributed by atoms with Crippen LogP contribution in [0.2, 0.25) is 0 Å². The molecule has 90 valence electrons. The monoisotopic (exact) mass is 219 g/mol. The summed E-state index contributed by atoms with van der Waals surface area (Å²) in [6.07, 6.45) is 3.52. The van der Waals surface area contributed by atoms with Crippen LogP contribution in [0.15, 0.2) is 18.2 Å². The van der Waals surface area contributed by atoms with E-state index in [9.17, 15) is 0 Å². The van der Waals surface area contributed by atoms with E-state index in [1.165, 1.54) is 29.7 Å². The first kappa shape index (κ1) is 13.1. The highest BCUT2D eigenvalue weighted by molar-refractivity contribution is 5.55. The van der Waals surface area contributed by atoms with E-state index in [1.807, 2.05) is 0 Å². The zero-order chi connectivity index (χ0) is 12.1. The molecule has 1 aromatic rings. The first-order chi connectivity index (χ1) is 7.60. The Balaban J connectivity index is 3.06. The maximum atomic E-state index is 2.37. The first-order valence-corrected chi connectivity index (χ1v) is 6.44. The molecule has 0 bridgehead atoms. The second kappa shape index (κ2) is 5.93. The highest BCUT2D eigenvalue weighted by atomic mass is 15.1. The molecule has 0 radical (unpaired) electrons. The van der Waals surface area contributed by atoms with Crippen LogP contribution in [0.3, 0.4) is 0 Å². The van der Waals surface area contributed by atoms with Crippen LogP contribution in [0.1, 0.15) is 45.2 Å². The highest BCUT2D eigenvalue weighted by Crippen LogP contribution is 2.24. The minimum Gasteiger partial charge on any atom is -0.372 e. The number of rotatable bonds is 5. The van der Waals surface area contributed by atoms with Crippen molar-refractivity contribution in [3.63, 3.8) is 0 Å². The summed E-state index contributed by atoms with van der Waals surface area (Å²) >= 11 is 0. The molecule has 0 unspecified atom stereocenters. The van der Waals surface area contributed by atoms with Crippen LogP contribution in [0.5, 0.6) is 0 Å². The van der Waals surface area contributed by atoms with Gasteiger partial charge in [-0.1, -0.05) is 32.4 Å². The largest absolute Gasteiger partial charge is 0.372 e. The molecule has 0 spiro atoms. The fraction of sp³-hybridized carbons (Fsp3) is 0.600. The lowest BCUT2D eigenvalue weighted by atomic mass is 10.0. The van der Waals surface area contributed by atoms with E-state index < -0.39 is 0 Å². The molecule has 1 nitrogen and oxygen atoms in total. The summed E-state index contributed by atoms with van der Waals surface area (Å²) in [4.78, 5) is 2.37. The second-order valence-electron chi connectivity index (χ2n) is 4.77. The Morgan fingerprint density at radius 2 is 1.88 bits per heavy atom. The van der Waals surface area contributed by atoms with Crippen molar-refractivity contribution >= 4 is 5.69 Å². The van der Waals surface area contributed by atoms with Gasteiger partial charge in [0, 0.05) is 18.8 Å². The topological polar surface area (TPSA) is 3.24 Å². The van der Waals surface area contributed by atoms with Crippen molar-refractivity contribution in [1.29, 1.82) is 0 Å². The lowest BCUT2D eigenvalue weighted by molar-refractivity contribution is 0.746. The first-order valence-electron chi connectivity index (χ1n) is 6.44. The predicted molar refractivity (Wildman–Crippen MR) is 73.4 cm³/mol. The van der Waals surface area contributed by atoms with Crippen LogP contribution < -0.4 is 4.90 Å². The van der Waals surface area contributed by atoms with Crippen LogP contribution >= 0.6 is 0 Å². The van der Waals surface area contributed by atoms with Gasteiger partial charge in [0.05, 0.1) is 0 Å². The number of hydrogen-bond donors (Lipinski definition) is 0. The van der Waals surface area contributed by atoms with Crippen LogP contribution in [-0.2, 0) is 12.8 Å². The molecular formula is C15H25N. The van der Waals surface area contributed by atoms with Crippen molar-refractivity contribution in [2.75, 3.05) is 11.9 Å². The Morgan fingerprint density at radius 1 is 1.19 bits per heavy atom. The van der Waals surface area contributed by atoms with E-state index in [4.69, 9.17) is 0 Å². The molecule has 0 aromatic heterocycles. The zero-order valence-electron chi connectivity index (χ0n) is 11.4. The molecule has 0 aliphatic heterocycles. The smallest absolute Gasteiger partial charge is 0.0398 e. The number of benzene rings is 1. The van der Waals surface area contributed by atoms with Gasteiger partial charge in [-0.25, -0.2) is 0 Å². The van der Waals surface area contributed by atoms with Gasteiger partial charge in [0.1, 0.15) is 0 Å². The quantitative estimate of drug-likeness (QED) is 0.722. The van der Waals surface area contributed by atoms with Gasteiger partial charge in [-0.15, -0.1) is 0 Å². The predicted octanol–water partition coefficient (Wildman–Crippen LogP) is 4.05. The Labute approximate surface area is 100 Å². The fourth-order valence-corrected chi connectivity index (χ4v) is 1.95. The zero-order valence-corrected chi connectivity index (χ0v) is 11.4. The third kappa shape index (κ3) is 3.01. The van der Waals surface area contributed by atoms with E-state index in [0.717, 1.165) is 6.42 Å². The summed E-state index contributed by atoms with van der Waals surface area (Å²) in [5.41, 5.74) is 4.34. The Bertz CT molecular complexity index is 328. The minimum atomic E-state index is 0.558. The molecule has 1 heteroatoms. The lowest BCUT2D eigenvalue weighted by Crippen LogP contribution is -2.26. The average Bonchev–Trinajstić information content (AvgIpc) is 2.28. The second-order valence-corrected chi connectivity index (χ2v) is 4.77. The molecule has 0 saturated heterocycles. The SMILES string of the molecule is CCCc1cc(CC)ccc1N(C)C(C)C. The van der Waals surface area contributed by atoms with Crippen molar-refractivity contribution in [2.24, 2.45) is 0 Å². The Kier molecular flexibility index (Phi) is 4.85. The molecule has 0 aliphatic carbocycles. The third-order valence-electron chi connectivity index (χ3n) is 3.23. The van der Waals surface area contributed by atoms with Gasteiger partial charge < -0.3 is 4.90 Å². The van der Waals surface area contributed by atoms with Crippen molar-refractivity contribution in [3.8, 4) is 0 Å². The lowest BCUT2D eigenvalue weighted by Gasteiger charge is -2.27.